The standard InChI is InChI=1S/C13H16BrNO4/c1-8(2)19-4-3-15-12(16)9-5-10(13(17)18)7-11(14)6-9/h5-8H,3-4H2,1-2H3,(H,15,16)(H,17,18). The van der Waals surface area contributed by atoms with Gasteiger partial charge in [0.25, 0.3) is 5.91 Å². The van der Waals surface area contributed by atoms with Crippen molar-refractivity contribution in [3.05, 3.63) is 33.8 Å². The fourth-order valence-electron chi connectivity index (χ4n) is 1.41. The highest BCUT2D eigenvalue weighted by Crippen LogP contribution is 2.16. The second-order valence-corrected chi connectivity index (χ2v) is 5.12. The average molecular weight is 330 g/mol. The zero-order valence-electron chi connectivity index (χ0n) is 10.8. The minimum Gasteiger partial charge on any atom is -0.478 e. The Labute approximate surface area is 120 Å². The van der Waals surface area contributed by atoms with Gasteiger partial charge >= 0.3 is 5.97 Å². The van der Waals surface area contributed by atoms with Crippen LogP contribution in [0.1, 0.15) is 34.6 Å². The first-order valence-corrected chi connectivity index (χ1v) is 6.63. The summed E-state index contributed by atoms with van der Waals surface area (Å²) in [5.74, 6) is -1.39. The maximum absolute atomic E-state index is 11.8. The number of carbonyl (C=O) groups excluding carboxylic acids is 1. The summed E-state index contributed by atoms with van der Waals surface area (Å²) < 4.78 is 5.85. The average Bonchev–Trinajstić information content (AvgIpc) is 2.33. The van der Waals surface area contributed by atoms with E-state index in [0.29, 0.717) is 23.2 Å². The topological polar surface area (TPSA) is 75.6 Å². The molecule has 0 heterocycles. The molecule has 5 nitrogen and oxygen atoms in total. The molecular formula is C13H16BrNO4. The summed E-state index contributed by atoms with van der Waals surface area (Å²) in [7, 11) is 0. The van der Waals surface area contributed by atoms with Gasteiger partial charge in [-0.3, -0.25) is 4.79 Å². The first-order valence-electron chi connectivity index (χ1n) is 5.84. The van der Waals surface area contributed by atoms with E-state index >= 15 is 0 Å². The third kappa shape index (κ3) is 5.40. The van der Waals surface area contributed by atoms with Crippen molar-refractivity contribution in [2.24, 2.45) is 0 Å². The maximum Gasteiger partial charge on any atom is 0.335 e. The van der Waals surface area contributed by atoms with Gasteiger partial charge in [-0.25, -0.2) is 4.79 Å². The lowest BCUT2D eigenvalue weighted by molar-refractivity contribution is 0.0696. The predicted octanol–water partition coefficient (Wildman–Crippen LogP) is 2.30. The molecule has 1 aromatic rings. The molecule has 0 aliphatic rings. The number of carboxylic acid groups (broad SMARTS) is 1. The molecule has 0 saturated carbocycles. The summed E-state index contributed by atoms with van der Waals surface area (Å²) in [6.07, 6.45) is 0.112. The zero-order chi connectivity index (χ0) is 14.4. The maximum atomic E-state index is 11.8. The van der Waals surface area contributed by atoms with Crippen LogP contribution in [0, 0.1) is 0 Å². The second-order valence-electron chi connectivity index (χ2n) is 4.21. The lowest BCUT2D eigenvalue weighted by Crippen LogP contribution is -2.28. The molecule has 0 aliphatic carbocycles. The molecular weight excluding hydrogens is 314 g/mol. The number of benzene rings is 1. The van der Waals surface area contributed by atoms with Gasteiger partial charge in [0.15, 0.2) is 0 Å². The number of carboxylic acids is 1. The lowest BCUT2D eigenvalue weighted by atomic mass is 10.1. The van der Waals surface area contributed by atoms with E-state index in [-0.39, 0.29) is 17.6 Å². The van der Waals surface area contributed by atoms with Crippen molar-refractivity contribution in [2.75, 3.05) is 13.2 Å². The number of rotatable bonds is 6. The van der Waals surface area contributed by atoms with E-state index in [4.69, 9.17) is 9.84 Å². The largest absolute Gasteiger partial charge is 0.478 e. The van der Waals surface area contributed by atoms with Crippen molar-refractivity contribution in [3.8, 4) is 0 Å². The molecule has 0 bridgehead atoms. The van der Waals surface area contributed by atoms with Gasteiger partial charge in [-0.1, -0.05) is 15.9 Å². The first kappa shape index (κ1) is 15.7. The van der Waals surface area contributed by atoms with Gasteiger partial charge in [0.2, 0.25) is 0 Å². The lowest BCUT2D eigenvalue weighted by Gasteiger charge is -2.09. The summed E-state index contributed by atoms with van der Waals surface area (Å²) >= 11 is 3.18. The molecule has 0 atom stereocenters. The van der Waals surface area contributed by atoms with Crippen LogP contribution in [0.4, 0.5) is 0 Å². The Morgan fingerprint density at radius 2 is 1.95 bits per heavy atom. The van der Waals surface area contributed by atoms with Crippen molar-refractivity contribution in [1.29, 1.82) is 0 Å². The van der Waals surface area contributed by atoms with Crippen LogP contribution in [0.25, 0.3) is 0 Å². The van der Waals surface area contributed by atoms with Crippen molar-refractivity contribution in [3.63, 3.8) is 0 Å². The quantitative estimate of drug-likeness (QED) is 0.785. The van der Waals surface area contributed by atoms with Crippen molar-refractivity contribution in [1.82, 2.24) is 5.32 Å². The van der Waals surface area contributed by atoms with Gasteiger partial charge in [0.1, 0.15) is 0 Å². The van der Waals surface area contributed by atoms with E-state index in [1.165, 1.54) is 12.1 Å². The summed E-state index contributed by atoms with van der Waals surface area (Å²) in [6, 6.07) is 4.36. The van der Waals surface area contributed by atoms with Crippen LogP contribution in [-0.4, -0.2) is 36.2 Å². The molecule has 1 rings (SSSR count). The molecule has 2 N–H and O–H groups in total. The van der Waals surface area contributed by atoms with E-state index in [9.17, 15) is 9.59 Å². The number of hydrogen-bond donors (Lipinski definition) is 2. The number of hydrogen-bond acceptors (Lipinski definition) is 3. The predicted molar refractivity (Wildman–Crippen MR) is 74.5 cm³/mol. The molecule has 0 aliphatic heterocycles. The van der Waals surface area contributed by atoms with Crippen molar-refractivity contribution < 1.29 is 19.4 Å². The van der Waals surface area contributed by atoms with Gasteiger partial charge in [0.05, 0.1) is 18.3 Å². The van der Waals surface area contributed by atoms with E-state index in [2.05, 4.69) is 21.2 Å². The monoisotopic (exact) mass is 329 g/mol. The highest BCUT2D eigenvalue weighted by molar-refractivity contribution is 9.10. The minimum atomic E-state index is -1.07. The fourth-order valence-corrected chi connectivity index (χ4v) is 1.90. The molecule has 6 heteroatoms. The summed E-state index contributed by atoms with van der Waals surface area (Å²) in [6.45, 7) is 4.62. The van der Waals surface area contributed by atoms with Gasteiger partial charge in [-0.05, 0) is 32.0 Å². The van der Waals surface area contributed by atoms with E-state index < -0.39 is 5.97 Å². The van der Waals surface area contributed by atoms with Crippen LogP contribution in [0.15, 0.2) is 22.7 Å². The smallest absolute Gasteiger partial charge is 0.335 e. The van der Waals surface area contributed by atoms with Crippen LogP contribution in [0.2, 0.25) is 0 Å². The second kappa shape index (κ2) is 7.25. The van der Waals surface area contributed by atoms with E-state index in [1.807, 2.05) is 13.8 Å². The summed E-state index contributed by atoms with van der Waals surface area (Å²) in [4.78, 5) is 22.7. The molecule has 0 fully saturated rings. The van der Waals surface area contributed by atoms with Gasteiger partial charge in [-0.15, -0.1) is 0 Å². The minimum absolute atomic E-state index is 0.0676. The number of amides is 1. The normalized spacial score (nSPS) is 10.5. The van der Waals surface area contributed by atoms with Gasteiger partial charge in [-0.2, -0.15) is 0 Å². The van der Waals surface area contributed by atoms with Crippen LogP contribution in [0.3, 0.4) is 0 Å². The number of carbonyl (C=O) groups is 2. The van der Waals surface area contributed by atoms with Gasteiger partial charge in [0, 0.05) is 16.6 Å². The van der Waals surface area contributed by atoms with Crippen LogP contribution in [-0.2, 0) is 4.74 Å². The summed E-state index contributed by atoms with van der Waals surface area (Å²) in [5, 5.41) is 11.6. The molecule has 0 aromatic heterocycles. The van der Waals surface area contributed by atoms with Crippen molar-refractivity contribution >= 4 is 27.8 Å². The Balaban J connectivity index is 2.64. The van der Waals surface area contributed by atoms with Crippen LogP contribution in [0.5, 0.6) is 0 Å². The third-order valence-corrected chi connectivity index (χ3v) is 2.70. The third-order valence-electron chi connectivity index (χ3n) is 2.25. The van der Waals surface area contributed by atoms with Gasteiger partial charge < -0.3 is 15.2 Å². The first-order chi connectivity index (χ1) is 8.90. The van der Waals surface area contributed by atoms with Crippen LogP contribution >= 0.6 is 15.9 Å². The fraction of sp³-hybridized carbons (Fsp3) is 0.385. The Morgan fingerprint density at radius 1 is 1.32 bits per heavy atom. The molecule has 0 spiro atoms. The van der Waals surface area contributed by atoms with E-state index in [1.54, 1.807) is 6.07 Å². The number of nitrogens with one attached hydrogen (secondary N) is 1. The Hall–Kier alpha value is -1.40. The molecule has 0 radical (unpaired) electrons. The number of ether oxygens (including phenoxy) is 1. The van der Waals surface area contributed by atoms with E-state index in [0.717, 1.165) is 0 Å². The Bertz CT molecular complexity index is 474. The molecule has 1 amide bonds. The Kier molecular flexibility index (Phi) is 5.98. The molecule has 104 valence electrons. The number of aromatic carboxylic acids is 1. The highest BCUT2D eigenvalue weighted by Gasteiger charge is 2.11. The molecule has 0 saturated heterocycles. The highest BCUT2D eigenvalue weighted by atomic mass is 79.9. The molecule has 19 heavy (non-hydrogen) atoms. The SMILES string of the molecule is CC(C)OCCNC(=O)c1cc(Br)cc(C(=O)O)c1. The summed E-state index contributed by atoms with van der Waals surface area (Å²) in [5.41, 5.74) is 0.370. The molecule has 0 unspecified atom stereocenters. The van der Waals surface area contributed by atoms with Crippen LogP contribution < -0.4 is 5.32 Å². The molecule has 1 aromatic carbocycles. The number of halogens is 1. The van der Waals surface area contributed by atoms with Crippen molar-refractivity contribution in [2.45, 2.75) is 20.0 Å². The zero-order valence-corrected chi connectivity index (χ0v) is 12.4. The Morgan fingerprint density at radius 3 is 2.53 bits per heavy atom.